The van der Waals surface area contributed by atoms with Gasteiger partial charge in [0.05, 0.1) is 0 Å². The molecule has 0 aromatic rings. The zero-order valence-electron chi connectivity index (χ0n) is 10.2. The molecule has 2 aliphatic rings. The summed E-state index contributed by atoms with van der Waals surface area (Å²) >= 11 is 0. The summed E-state index contributed by atoms with van der Waals surface area (Å²) in [6.07, 6.45) is 9.36. The van der Waals surface area contributed by atoms with Gasteiger partial charge in [0.2, 0.25) is 0 Å². The zero-order valence-corrected chi connectivity index (χ0v) is 10.2. The zero-order chi connectivity index (χ0) is 11.1. The van der Waals surface area contributed by atoms with Gasteiger partial charge in [0.15, 0.2) is 0 Å². The first-order valence-corrected chi connectivity index (χ1v) is 6.12. The minimum Gasteiger partial charge on any atom is -0.303 e. The largest absolute Gasteiger partial charge is 0.303 e. The van der Waals surface area contributed by atoms with Crippen molar-refractivity contribution in [1.82, 2.24) is 0 Å². The summed E-state index contributed by atoms with van der Waals surface area (Å²) in [5.74, 6) is 0.735. The lowest BCUT2D eigenvalue weighted by Crippen LogP contribution is -2.36. The summed E-state index contributed by atoms with van der Waals surface area (Å²) in [4.78, 5) is 11.1. The number of hydrogen-bond acceptors (Lipinski definition) is 1. The van der Waals surface area contributed by atoms with Crippen LogP contribution in [0.3, 0.4) is 0 Å². The van der Waals surface area contributed by atoms with E-state index in [2.05, 4.69) is 26.8 Å². The van der Waals surface area contributed by atoms with Gasteiger partial charge in [0.1, 0.15) is 6.29 Å². The molecule has 0 heterocycles. The van der Waals surface area contributed by atoms with Crippen molar-refractivity contribution >= 4 is 6.29 Å². The molecule has 1 heteroatoms. The standard InChI is InChI=1S/C14H22O/c1-13(2)7-4-5-11-9-14(3,10-15)8-6-12(11)13/h5,10,12H,4,6-9H2,1-3H3. The second kappa shape index (κ2) is 3.47. The number of rotatable bonds is 1. The van der Waals surface area contributed by atoms with Crippen LogP contribution < -0.4 is 0 Å². The van der Waals surface area contributed by atoms with Gasteiger partial charge in [-0.25, -0.2) is 0 Å². The highest BCUT2D eigenvalue weighted by Crippen LogP contribution is 2.51. The highest BCUT2D eigenvalue weighted by molar-refractivity contribution is 5.60. The summed E-state index contributed by atoms with van der Waals surface area (Å²) in [5.41, 5.74) is 1.94. The normalized spacial score (nSPS) is 39.1. The molecule has 1 nitrogen and oxygen atoms in total. The van der Waals surface area contributed by atoms with Gasteiger partial charge < -0.3 is 4.79 Å². The number of carbonyl (C=O) groups is 1. The first-order valence-electron chi connectivity index (χ1n) is 6.12. The Morgan fingerprint density at radius 3 is 2.73 bits per heavy atom. The fourth-order valence-electron chi connectivity index (χ4n) is 3.35. The van der Waals surface area contributed by atoms with Crippen LogP contribution in [0.1, 0.15) is 52.9 Å². The quantitative estimate of drug-likeness (QED) is 0.472. The third-order valence-electron chi connectivity index (χ3n) is 4.48. The van der Waals surface area contributed by atoms with Crippen molar-refractivity contribution in [3.63, 3.8) is 0 Å². The number of allylic oxidation sites excluding steroid dienone is 2. The van der Waals surface area contributed by atoms with Gasteiger partial charge in [-0.05, 0) is 43.4 Å². The average Bonchev–Trinajstić information content (AvgIpc) is 2.17. The van der Waals surface area contributed by atoms with Gasteiger partial charge >= 0.3 is 0 Å². The second-order valence-corrected chi connectivity index (χ2v) is 6.35. The van der Waals surface area contributed by atoms with Crippen LogP contribution in [0, 0.1) is 16.7 Å². The van der Waals surface area contributed by atoms with Gasteiger partial charge in [-0.2, -0.15) is 0 Å². The maximum Gasteiger partial charge on any atom is 0.126 e. The van der Waals surface area contributed by atoms with Gasteiger partial charge in [-0.15, -0.1) is 0 Å². The Bertz CT molecular complexity index is 300. The number of hydrogen-bond donors (Lipinski definition) is 0. The Labute approximate surface area is 92.9 Å². The van der Waals surface area contributed by atoms with E-state index in [4.69, 9.17) is 0 Å². The first kappa shape index (κ1) is 10.9. The Hall–Kier alpha value is -0.590. The van der Waals surface area contributed by atoms with Crippen LogP contribution in [-0.4, -0.2) is 6.29 Å². The molecule has 0 bridgehead atoms. The van der Waals surface area contributed by atoms with E-state index >= 15 is 0 Å². The minimum absolute atomic E-state index is 0.0737. The van der Waals surface area contributed by atoms with Crippen LogP contribution in [0.25, 0.3) is 0 Å². The number of carbonyl (C=O) groups excluding carboxylic acids is 1. The van der Waals surface area contributed by atoms with E-state index in [1.54, 1.807) is 5.57 Å². The lowest BCUT2D eigenvalue weighted by atomic mass is 9.59. The molecule has 0 spiro atoms. The summed E-state index contributed by atoms with van der Waals surface area (Å²) < 4.78 is 0. The summed E-state index contributed by atoms with van der Waals surface area (Å²) in [7, 11) is 0. The van der Waals surface area contributed by atoms with Crippen molar-refractivity contribution < 1.29 is 4.79 Å². The predicted octanol–water partition coefficient (Wildman–Crippen LogP) is 3.74. The number of fused-ring (bicyclic) bond motifs is 1. The smallest absolute Gasteiger partial charge is 0.126 e. The maximum absolute atomic E-state index is 11.1. The molecular weight excluding hydrogens is 184 g/mol. The van der Waals surface area contributed by atoms with E-state index in [0.29, 0.717) is 5.41 Å². The third-order valence-corrected chi connectivity index (χ3v) is 4.48. The molecule has 15 heavy (non-hydrogen) atoms. The molecule has 2 rings (SSSR count). The van der Waals surface area contributed by atoms with E-state index in [-0.39, 0.29) is 5.41 Å². The van der Waals surface area contributed by atoms with Gasteiger partial charge in [0, 0.05) is 5.41 Å². The van der Waals surface area contributed by atoms with E-state index in [1.165, 1.54) is 25.5 Å². The Balaban J connectivity index is 2.23. The van der Waals surface area contributed by atoms with Crippen LogP contribution in [0.4, 0.5) is 0 Å². The van der Waals surface area contributed by atoms with Crippen molar-refractivity contribution in [3.8, 4) is 0 Å². The molecule has 84 valence electrons. The van der Waals surface area contributed by atoms with Gasteiger partial charge in [-0.3, -0.25) is 0 Å². The molecule has 1 fully saturated rings. The lowest BCUT2D eigenvalue weighted by molar-refractivity contribution is -0.116. The fourth-order valence-corrected chi connectivity index (χ4v) is 3.35. The molecule has 1 saturated carbocycles. The molecule has 0 saturated heterocycles. The molecule has 2 atom stereocenters. The highest BCUT2D eigenvalue weighted by atomic mass is 16.1. The molecule has 0 N–H and O–H groups in total. The van der Waals surface area contributed by atoms with E-state index in [0.717, 1.165) is 18.8 Å². The Morgan fingerprint density at radius 2 is 2.07 bits per heavy atom. The van der Waals surface area contributed by atoms with Crippen molar-refractivity contribution in [2.45, 2.75) is 52.9 Å². The maximum atomic E-state index is 11.1. The monoisotopic (exact) mass is 206 g/mol. The average molecular weight is 206 g/mol. The third kappa shape index (κ3) is 1.89. The van der Waals surface area contributed by atoms with Crippen molar-refractivity contribution in [2.75, 3.05) is 0 Å². The van der Waals surface area contributed by atoms with Crippen LogP contribution in [0.15, 0.2) is 11.6 Å². The summed E-state index contributed by atoms with van der Waals surface area (Å²) in [5, 5.41) is 0. The molecular formula is C14H22O. The first-order chi connectivity index (χ1) is 6.97. The molecule has 0 amide bonds. The second-order valence-electron chi connectivity index (χ2n) is 6.35. The topological polar surface area (TPSA) is 17.1 Å². The minimum atomic E-state index is -0.0737. The van der Waals surface area contributed by atoms with Crippen LogP contribution >= 0.6 is 0 Å². The van der Waals surface area contributed by atoms with E-state index in [9.17, 15) is 4.79 Å². The van der Waals surface area contributed by atoms with E-state index < -0.39 is 0 Å². The summed E-state index contributed by atoms with van der Waals surface area (Å²) in [6, 6.07) is 0. The lowest BCUT2D eigenvalue weighted by Gasteiger charge is -2.46. The van der Waals surface area contributed by atoms with Crippen LogP contribution in [0.5, 0.6) is 0 Å². The van der Waals surface area contributed by atoms with Gasteiger partial charge in [0.25, 0.3) is 0 Å². The molecule has 0 aliphatic heterocycles. The van der Waals surface area contributed by atoms with Gasteiger partial charge in [-0.1, -0.05) is 32.4 Å². The van der Waals surface area contributed by atoms with Crippen molar-refractivity contribution in [2.24, 2.45) is 16.7 Å². The molecule has 2 unspecified atom stereocenters. The molecule has 0 radical (unpaired) electrons. The van der Waals surface area contributed by atoms with Crippen LogP contribution in [0.2, 0.25) is 0 Å². The van der Waals surface area contributed by atoms with Crippen molar-refractivity contribution in [3.05, 3.63) is 11.6 Å². The number of aldehydes is 1. The fraction of sp³-hybridized carbons (Fsp3) is 0.786. The van der Waals surface area contributed by atoms with Crippen molar-refractivity contribution in [1.29, 1.82) is 0 Å². The summed E-state index contributed by atoms with van der Waals surface area (Å²) in [6.45, 7) is 6.88. The molecule has 0 aromatic heterocycles. The SMILES string of the molecule is CC1(C=O)CCC2C(=CCCC2(C)C)C1. The Morgan fingerprint density at radius 1 is 1.33 bits per heavy atom. The predicted molar refractivity (Wildman–Crippen MR) is 62.6 cm³/mol. The van der Waals surface area contributed by atoms with Crippen LogP contribution in [-0.2, 0) is 4.79 Å². The molecule has 0 aromatic carbocycles. The molecule has 2 aliphatic carbocycles. The Kier molecular flexibility index (Phi) is 2.52. The highest BCUT2D eigenvalue weighted by Gasteiger charge is 2.41. The van der Waals surface area contributed by atoms with E-state index in [1.807, 2.05) is 0 Å².